The third-order valence-corrected chi connectivity index (χ3v) is 8.06. The number of thiophene rings is 1. The maximum atomic E-state index is 12.7. The molecule has 0 aliphatic carbocycles. The number of amides is 1. The number of hydrogen-bond donors (Lipinski definition) is 2. The van der Waals surface area contributed by atoms with Crippen LogP contribution in [0.25, 0.3) is 0 Å². The van der Waals surface area contributed by atoms with Crippen LogP contribution in [0.15, 0.2) is 28.6 Å². The maximum Gasteiger partial charge on any atom is 0.348 e. The van der Waals surface area contributed by atoms with Crippen molar-refractivity contribution < 1.29 is 23.9 Å². The van der Waals surface area contributed by atoms with Crippen LogP contribution < -0.4 is 10.6 Å². The van der Waals surface area contributed by atoms with E-state index in [1.165, 1.54) is 28.7 Å². The summed E-state index contributed by atoms with van der Waals surface area (Å²) < 4.78 is 10.8. The van der Waals surface area contributed by atoms with Crippen LogP contribution in [0.5, 0.6) is 0 Å². The average Bonchev–Trinajstić information content (AvgIpc) is 3.42. The third kappa shape index (κ3) is 7.05. The summed E-state index contributed by atoms with van der Waals surface area (Å²) in [5.74, 6) is -1.00. The van der Waals surface area contributed by atoms with E-state index in [4.69, 9.17) is 9.47 Å². The Morgan fingerprint density at radius 2 is 1.67 bits per heavy atom. The SMILES string of the molecule is CCOC(=O)c1sc(NC(=O)CSc2nnc(Nc3ccc(C(C)C)cc3)s2)c(C(=O)OCC)c1C. The van der Waals surface area contributed by atoms with Crippen molar-refractivity contribution >= 4 is 68.1 Å². The van der Waals surface area contributed by atoms with E-state index in [1.54, 1.807) is 20.8 Å². The molecule has 0 saturated carbocycles. The van der Waals surface area contributed by atoms with Gasteiger partial charge in [0, 0.05) is 5.69 Å². The third-order valence-electron chi connectivity index (χ3n) is 4.90. The van der Waals surface area contributed by atoms with Gasteiger partial charge in [-0.1, -0.05) is 49.1 Å². The van der Waals surface area contributed by atoms with Crippen LogP contribution in [0.2, 0.25) is 0 Å². The van der Waals surface area contributed by atoms with Crippen LogP contribution in [-0.4, -0.2) is 47.0 Å². The van der Waals surface area contributed by atoms with Gasteiger partial charge in [0.2, 0.25) is 11.0 Å². The summed E-state index contributed by atoms with van der Waals surface area (Å²) in [5, 5.41) is 15.1. The van der Waals surface area contributed by atoms with Crippen LogP contribution in [0.4, 0.5) is 15.8 Å². The lowest BCUT2D eigenvalue weighted by Gasteiger charge is -2.07. The van der Waals surface area contributed by atoms with Crippen molar-refractivity contribution in [2.75, 3.05) is 29.6 Å². The van der Waals surface area contributed by atoms with Crippen LogP contribution in [-0.2, 0) is 14.3 Å². The van der Waals surface area contributed by atoms with Crippen LogP contribution in [0.1, 0.15) is 64.8 Å². The predicted molar refractivity (Wildman–Crippen MR) is 144 cm³/mol. The molecule has 0 aliphatic heterocycles. The molecule has 0 fully saturated rings. The number of anilines is 3. The topological polar surface area (TPSA) is 120 Å². The minimum absolute atomic E-state index is 0.0473. The number of nitrogens with zero attached hydrogens (tertiary/aromatic N) is 2. The monoisotopic (exact) mass is 548 g/mol. The molecule has 1 aromatic carbocycles. The number of ether oxygens (including phenoxy) is 2. The zero-order valence-electron chi connectivity index (χ0n) is 20.7. The maximum absolute atomic E-state index is 12.7. The molecule has 0 unspecified atom stereocenters. The molecule has 192 valence electrons. The Hall–Kier alpha value is -2.96. The van der Waals surface area contributed by atoms with Crippen LogP contribution in [0, 0.1) is 6.92 Å². The number of benzene rings is 1. The first kappa shape index (κ1) is 27.6. The van der Waals surface area contributed by atoms with Crippen molar-refractivity contribution in [3.8, 4) is 0 Å². The molecular formula is C24H28N4O5S3. The molecule has 2 heterocycles. The van der Waals surface area contributed by atoms with Crippen molar-refractivity contribution in [3.05, 3.63) is 45.8 Å². The van der Waals surface area contributed by atoms with E-state index in [-0.39, 0.29) is 40.3 Å². The fourth-order valence-electron chi connectivity index (χ4n) is 3.13. The highest BCUT2D eigenvalue weighted by atomic mass is 32.2. The fourth-order valence-corrected chi connectivity index (χ4v) is 5.80. The lowest BCUT2D eigenvalue weighted by molar-refractivity contribution is -0.113. The van der Waals surface area contributed by atoms with Gasteiger partial charge in [0.1, 0.15) is 9.88 Å². The van der Waals surface area contributed by atoms with E-state index in [0.717, 1.165) is 17.0 Å². The summed E-state index contributed by atoms with van der Waals surface area (Å²) in [6.07, 6.45) is 0. The Balaban J connectivity index is 1.64. The highest BCUT2D eigenvalue weighted by Crippen LogP contribution is 2.35. The van der Waals surface area contributed by atoms with E-state index in [9.17, 15) is 14.4 Å². The molecule has 1 amide bonds. The Morgan fingerprint density at radius 3 is 2.31 bits per heavy atom. The molecule has 3 rings (SSSR count). The number of aromatic nitrogens is 2. The Bertz CT molecular complexity index is 1220. The van der Waals surface area contributed by atoms with Gasteiger partial charge >= 0.3 is 11.9 Å². The molecule has 0 saturated heterocycles. The van der Waals surface area contributed by atoms with Crippen molar-refractivity contribution in [3.63, 3.8) is 0 Å². The first-order valence-electron chi connectivity index (χ1n) is 11.3. The smallest absolute Gasteiger partial charge is 0.348 e. The van der Waals surface area contributed by atoms with E-state index in [1.807, 2.05) is 12.1 Å². The summed E-state index contributed by atoms with van der Waals surface area (Å²) in [7, 11) is 0. The number of thioether (sulfide) groups is 1. The second kappa shape index (κ2) is 12.8. The molecule has 2 N–H and O–H groups in total. The quantitative estimate of drug-likeness (QED) is 0.224. The second-order valence-corrected chi connectivity index (χ2v) is 11.0. The molecule has 0 aliphatic rings. The van der Waals surface area contributed by atoms with Crippen molar-refractivity contribution in [1.82, 2.24) is 10.2 Å². The number of carbonyl (C=O) groups is 3. The molecule has 36 heavy (non-hydrogen) atoms. The Morgan fingerprint density at radius 1 is 1.00 bits per heavy atom. The van der Waals surface area contributed by atoms with Gasteiger partial charge in [-0.15, -0.1) is 21.5 Å². The normalized spacial score (nSPS) is 10.8. The summed E-state index contributed by atoms with van der Waals surface area (Å²) in [6, 6.07) is 8.12. The minimum Gasteiger partial charge on any atom is -0.462 e. The molecule has 2 aromatic heterocycles. The summed E-state index contributed by atoms with van der Waals surface area (Å²) in [5.41, 5.74) is 2.73. The van der Waals surface area contributed by atoms with Gasteiger partial charge in [-0.2, -0.15) is 0 Å². The molecular weight excluding hydrogens is 520 g/mol. The Labute approximate surface area is 222 Å². The highest BCUT2D eigenvalue weighted by Gasteiger charge is 2.27. The second-order valence-electron chi connectivity index (χ2n) is 7.81. The average molecular weight is 549 g/mol. The van der Waals surface area contributed by atoms with E-state index >= 15 is 0 Å². The molecule has 0 spiro atoms. The molecule has 3 aromatic rings. The van der Waals surface area contributed by atoms with E-state index in [0.29, 0.717) is 21.0 Å². The summed E-state index contributed by atoms with van der Waals surface area (Å²) >= 11 is 3.55. The highest BCUT2D eigenvalue weighted by molar-refractivity contribution is 8.01. The standard InChI is InChI=1S/C24H28N4O5S3/c1-6-32-21(30)18-14(5)19(22(31)33-7-2)35-20(18)26-17(29)12-34-24-28-27-23(36-24)25-16-10-8-15(9-11-16)13(3)4/h8-11,13H,6-7,12H2,1-5H3,(H,25,27)(H,26,29). The first-order chi connectivity index (χ1) is 17.2. The van der Waals surface area contributed by atoms with E-state index < -0.39 is 11.9 Å². The lowest BCUT2D eigenvalue weighted by Crippen LogP contribution is -2.16. The van der Waals surface area contributed by atoms with Crippen molar-refractivity contribution in [1.29, 1.82) is 0 Å². The zero-order valence-corrected chi connectivity index (χ0v) is 23.1. The number of hydrogen-bond acceptors (Lipinski definition) is 11. The van der Waals surface area contributed by atoms with Crippen molar-refractivity contribution in [2.45, 2.75) is 44.9 Å². The summed E-state index contributed by atoms with van der Waals surface area (Å²) in [6.45, 7) is 9.67. The fraction of sp³-hybridized carbons (Fsp3) is 0.375. The predicted octanol–water partition coefficient (Wildman–Crippen LogP) is 5.86. The van der Waals surface area contributed by atoms with Crippen LogP contribution >= 0.6 is 34.4 Å². The molecule has 0 bridgehead atoms. The van der Waals surface area contributed by atoms with E-state index in [2.05, 4.69) is 46.8 Å². The molecule has 0 radical (unpaired) electrons. The minimum atomic E-state index is -0.606. The van der Waals surface area contributed by atoms with Gasteiger partial charge < -0.3 is 20.1 Å². The van der Waals surface area contributed by atoms with Gasteiger partial charge in [-0.3, -0.25) is 4.79 Å². The number of carbonyl (C=O) groups excluding carboxylic acids is 3. The van der Waals surface area contributed by atoms with Crippen molar-refractivity contribution in [2.24, 2.45) is 0 Å². The van der Waals surface area contributed by atoms with Gasteiger partial charge in [-0.05, 0) is 49.9 Å². The Kier molecular flexibility index (Phi) is 9.85. The molecule has 12 heteroatoms. The molecule has 0 atom stereocenters. The van der Waals surface area contributed by atoms with Crippen LogP contribution in [0.3, 0.4) is 0 Å². The largest absolute Gasteiger partial charge is 0.462 e. The zero-order chi connectivity index (χ0) is 26.2. The molecule has 9 nitrogen and oxygen atoms in total. The summed E-state index contributed by atoms with van der Waals surface area (Å²) in [4.78, 5) is 37.7. The first-order valence-corrected chi connectivity index (χ1v) is 14.0. The van der Waals surface area contributed by atoms with Gasteiger partial charge in [-0.25, -0.2) is 9.59 Å². The number of esters is 2. The number of nitrogens with one attached hydrogen (secondary N) is 2. The van der Waals surface area contributed by atoms with Gasteiger partial charge in [0.05, 0.1) is 24.5 Å². The number of rotatable bonds is 11. The van der Waals surface area contributed by atoms with Gasteiger partial charge in [0.15, 0.2) is 4.34 Å². The lowest BCUT2D eigenvalue weighted by atomic mass is 10.0. The van der Waals surface area contributed by atoms with Gasteiger partial charge in [0.25, 0.3) is 0 Å².